The summed E-state index contributed by atoms with van der Waals surface area (Å²) in [6.45, 7) is 4.27. The maximum Gasteiger partial charge on any atom is 0.260 e. The Balaban J connectivity index is 1.33. The Morgan fingerprint density at radius 1 is 0.383 bits per heavy atom. The Hall–Kier alpha value is -5.80. The predicted octanol–water partition coefficient (Wildman–Crippen LogP) is 9.70. The molecule has 0 amide bonds. The topological polar surface area (TPSA) is 18.5 Å². The Bertz CT molecular complexity index is 2160. The largest absolute Gasteiger partial charge is 0.458 e. The number of aryl methyl sites for hydroxylation is 2. The van der Waals surface area contributed by atoms with Crippen LogP contribution in [0, 0.1) is 13.8 Å². The Morgan fingerprint density at radius 3 is 1.26 bits per heavy atom. The van der Waals surface area contributed by atoms with Crippen LogP contribution in [0.2, 0.25) is 0 Å². The molecule has 3 heteroatoms. The molecule has 0 bridgehead atoms. The van der Waals surface area contributed by atoms with E-state index in [9.17, 15) is 0 Å². The van der Waals surface area contributed by atoms with E-state index in [1.54, 1.807) is 0 Å². The molecule has 2 aliphatic heterocycles. The summed E-state index contributed by atoms with van der Waals surface area (Å²) in [5, 5.41) is 0. The fraction of sp³-hybridized carbons (Fsp3) is 0.0455. The second kappa shape index (κ2) is 10.9. The minimum absolute atomic E-state index is 0.0598. The summed E-state index contributed by atoms with van der Waals surface area (Å²) in [5.74, 6) is 3.49. The normalized spacial score (nSPS) is 12.3. The molecule has 0 saturated carbocycles. The van der Waals surface area contributed by atoms with E-state index in [-0.39, 0.29) is 6.71 Å². The lowest BCUT2D eigenvalue weighted by atomic mass is 9.34. The van der Waals surface area contributed by atoms with Crippen LogP contribution >= 0.6 is 0 Å². The number of fused-ring (bicyclic) bond motifs is 4. The Kier molecular flexibility index (Phi) is 6.40. The van der Waals surface area contributed by atoms with Crippen molar-refractivity contribution in [3.8, 4) is 67.5 Å². The van der Waals surface area contributed by atoms with Crippen molar-refractivity contribution in [1.29, 1.82) is 0 Å². The minimum atomic E-state index is -0.0598. The van der Waals surface area contributed by atoms with Crippen LogP contribution in [0.15, 0.2) is 152 Å². The lowest BCUT2D eigenvalue weighted by Crippen LogP contribution is -2.57. The quantitative estimate of drug-likeness (QED) is 0.187. The van der Waals surface area contributed by atoms with Gasteiger partial charge in [0.1, 0.15) is 23.0 Å². The summed E-state index contributed by atoms with van der Waals surface area (Å²) in [7, 11) is 0. The summed E-state index contributed by atoms with van der Waals surface area (Å²) in [6.07, 6.45) is 0. The van der Waals surface area contributed by atoms with Gasteiger partial charge in [-0.1, -0.05) is 133 Å². The van der Waals surface area contributed by atoms with Gasteiger partial charge in [0, 0.05) is 16.6 Å². The molecule has 2 aliphatic rings. The van der Waals surface area contributed by atoms with E-state index >= 15 is 0 Å². The first-order valence-corrected chi connectivity index (χ1v) is 16.2. The fourth-order valence-corrected chi connectivity index (χ4v) is 7.36. The summed E-state index contributed by atoms with van der Waals surface area (Å²) >= 11 is 0. The van der Waals surface area contributed by atoms with Crippen LogP contribution in [-0.2, 0) is 0 Å². The van der Waals surface area contributed by atoms with Crippen molar-refractivity contribution in [3.63, 3.8) is 0 Å². The van der Waals surface area contributed by atoms with Gasteiger partial charge in [0.2, 0.25) is 0 Å². The van der Waals surface area contributed by atoms with Gasteiger partial charge >= 0.3 is 0 Å². The van der Waals surface area contributed by atoms with Gasteiger partial charge in [0.15, 0.2) is 0 Å². The van der Waals surface area contributed by atoms with Gasteiger partial charge in [-0.2, -0.15) is 0 Å². The fourth-order valence-electron chi connectivity index (χ4n) is 7.36. The molecule has 0 aromatic heterocycles. The van der Waals surface area contributed by atoms with Gasteiger partial charge in [-0.15, -0.1) is 0 Å². The molecule has 9 rings (SSSR count). The molecule has 2 heterocycles. The molecule has 47 heavy (non-hydrogen) atoms. The van der Waals surface area contributed by atoms with Crippen LogP contribution < -0.4 is 25.9 Å². The van der Waals surface area contributed by atoms with E-state index < -0.39 is 0 Å². The Labute approximate surface area is 276 Å². The number of ether oxygens (including phenoxy) is 2. The van der Waals surface area contributed by atoms with Crippen molar-refractivity contribution in [2.24, 2.45) is 0 Å². The van der Waals surface area contributed by atoms with E-state index in [4.69, 9.17) is 9.47 Å². The van der Waals surface area contributed by atoms with Gasteiger partial charge in [0.25, 0.3) is 6.71 Å². The zero-order valence-corrected chi connectivity index (χ0v) is 26.3. The van der Waals surface area contributed by atoms with Gasteiger partial charge in [0.05, 0.1) is 0 Å². The summed E-state index contributed by atoms with van der Waals surface area (Å²) < 4.78 is 14.1. The van der Waals surface area contributed by atoms with Crippen molar-refractivity contribution in [1.82, 2.24) is 0 Å². The predicted molar refractivity (Wildman–Crippen MR) is 195 cm³/mol. The van der Waals surface area contributed by atoms with E-state index in [0.717, 1.165) is 72.8 Å². The molecule has 0 radical (unpaired) electrons. The summed E-state index contributed by atoms with van der Waals surface area (Å²) in [4.78, 5) is 0. The molecule has 0 spiro atoms. The molecular weight excluding hydrogens is 571 g/mol. The molecule has 7 aromatic carbocycles. The number of benzene rings is 7. The highest BCUT2D eigenvalue weighted by Crippen LogP contribution is 2.47. The maximum atomic E-state index is 7.05. The first kappa shape index (κ1) is 27.5. The van der Waals surface area contributed by atoms with Crippen molar-refractivity contribution < 1.29 is 9.47 Å². The van der Waals surface area contributed by atoms with Gasteiger partial charge in [-0.05, 0) is 87.5 Å². The zero-order valence-electron chi connectivity index (χ0n) is 26.3. The molecule has 0 unspecified atom stereocenters. The van der Waals surface area contributed by atoms with Gasteiger partial charge in [-0.3, -0.25) is 0 Å². The molecule has 0 fully saturated rings. The second-order valence-corrected chi connectivity index (χ2v) is 12.5. The number of rotatable bonds is 4. The van der Waals surface area contributed by atoms with Crippen molar-refractivity contribution in [2.75, 3.05) is 0 Å². The van der Waals surface area contributed by atoms with Crippen LogP contribution in [-0.4, -0.2) is 6.71 Å². The lowest BCUT2D eigenvalue weighted by molar-refractivity contribution is 0.467. The first-order valence-electron chi connectivity index (χ1n) is 16.2. The zero-order chi connectivity index (χ0) is 31.5. The molecule has 0 atom stereocenters. The molecular formula is C44H31BO2. The summed E-state index contributed by atoms with van der Waals surface area (Å²) in [5.41, 5.74) is 14.9. The molecule has 7 aromatic rings. The average Bonchev–Trinajstić information content (AvgIpc) is 3.12. The SMILES string of the molecule is Cc1ccccc1-c1ccc2c(c1)Oc1c(-c3ccccc3)cc(-c3ccccc3)c3c1B2c1ccc(-c2ccccc2C)cc1O3. The standard InChI is InChI=1S/C44H31BO2/c1-28-13-9-11-19-34(28)32-21-23-38-40(25-32)46-43-36(30-15-5-3-6-16-30)27-37(31-17-7-4-8-18-31)44-42(43)45(38)39-24-22-33(26-41(39)47-44)35-20-12-10-14-29(35)2/h3-27H,1-2H3. The third-order valence-corrected chi connectivity index (χ3v) is 9.71. The lowest BCUT2D eigenvalue weighted by Gasteiger charge is -2.36. The van der Waals surface area contributed by atoms with E-state index in [2.05, 4.69) is 166 Å². The van der Waals surface area contributed by atoms with Crippen molar-refractivity contribution >= 4 is 23.1 Å². The van der Waals surface area contributed by atoms with E-state index in [0.29, 0.717) is 0 Å². The van der Waals surface area contributed by atoms with Crippen LogP contribution in [0.3, 0.4) is 0 Å². The van der Waals surface area contributed by atoms with Crippen LogP contribution in [0.1, 0.15) is 11.1 Å². The first-order chi connectivity index (χ1) is 23.1. The van der Waals surface area contributed by atoms with Crippen LogP contribution in [0.4, 0.5) is 0 Å². The molecule has 0 N–H and O–H groups in total. The van der Waals surface area contributed by atoms with E-state index in [1.165, 1.54) is 22.3 Å². The van der Waals surface area contributed by atoms with Gasteiger partial charge < -0.3 is 9.47 Å². The average molecular weight is 603 g/mol. The summed E-state index contributed by atoms with van der Waals surface area (Å²) in [6, 6.07) is 53.9. The molecule has 0 saturated heterocycles. The van der Waals surface area contributed by atoms with Crippen molar-refractivity contribution in [2.45, 2.75) is 13.8 Å². The second-order valence-electron chi connectivity index (χ2n) is 12.5. The highest BCUT2D eigenvalue weighted by atomic mass is 16.5. The highest BCUT2D eigenvalue weighted by Gasteiger charge is 2.43. The van der Waals surface area contributed by atoms with Gasteiger partial charge in [-0.25, -0.2) is 0 Å². The minimum Gasteiger partial charge on any atom is -0.458 e. The Morgan fingerprint density at radius 2 is 0.809 bits per heavy atom. The number of hydrogen-bond acceptors (Lipinski definition) is 2. The maximum absolute atomic E-state index is 7.05. The number of hydrogen-bond donors (Lipinski definition) is 0. The smallest absolute Gasteiger partial charge is 0.260 e. The molecule has 222 valence electrons. The third kappa shape index (κ3) is 4.50. The van der Waals surface area contributed by atoms with Crippen LogP contribution in [0.25, 0.3) is 44.5 Å². The molecule has 2 nitrogen and oxygen atoms in total. The van der Waals surface area contributed by atoms with Crippen LogP contribution in [0.5, 0.6) is 23.0 Å². The monoisotopic (exact) mass is 602 g/mol. The van der Waals surface area contributed by atoms with Crippen molar-refractivity contribution in [3.05, 3.63) is 163 Å². The molecule has 0 aliphatic carbocycles. The van der Waals surface area contributed by atoms with E-state index in [1.807, 2.05) is 0 Å². The third-order valence-electron chi connectivity index (χ3n) is 9.71. The highest BCUT2D eigenvalue weighted by molar-refractivity contribution is 6.98.